The lowest BCUT2D eigenvalue weighted by Crippen LogP contribution is -2.48. The SMILES string of the molecule is COc1ccc([C@@H](C(=O)NC2CCCC2)N(CCO)C(=O)Cn2nnc(-c3ccc(F)cc3)n2)cc1OC. The zero-order chi connectivity index (χ0) is 27.1. The number of nitrogens with zero attached hydrogens (tertiary/aromatic N) is 5. The van der Waals surface area contributed by atoms with E-state index in [4.69, 9.17) is 9.47 Å². The first-order valence-electron chi connectivity index (χ1n) is 12.4. The minimum Gasteiger partial charge on any atom is -0.493 e. The van der Waals surface area contributed by atoms with Crippen LogP contribution in [0.15, 0.2) is 42.5 Å². The van der Waals surface area contributed by atoms with Crippen LogP contribution in [0.4, 0.5) is 4.39 Å². The molecule has 2 N–H and O–H groups in total. The molecule has 0 bridgehead atoms. The third-order valence-corrected chi connectivity index (χ3v) is 6.48. The smallest absolute Gasteiger partial charge is 0.247 e. The third-order valence-electron chi connectivity index (χ3n) is 6.48. The quantitative estimate of drug-likeness (QED) is 0.388. The summed E-state index contributed by atoms with van der Waals surface area (Å²) in [6.07, 6.45) is 3.79. The standard InChI is InChI=1S/C26H31FN6O5/c1-37-21-12-9-18(15-22(21)38-2)24(26(36)28-20-5-3-4-6-20)32(13-14-34)23(35)16-33-30-25(29-31-33)17-7-10-19(27)11-8-17/h7-12,15,20,24,34H,3-6,13-14,16H2,1-2H3,(H,28,36)/t24-/m0/s1. The molecule has 12 heteroatoms. The average molecular weight is 527 g/mol. The minimum absolute atomic E-state index is 0.0199. The Balaban J connectivity index is 1.62. The number of amides is 2. The highest BCUT2D eigenvalue weighted by molar-refractivity contribution is 5.89. The first kappa shape index (κ1) is 27.0. The summed E-state index contributed by atoms with van der Waals surface area (Å²) in [5, 5.41) is 25.0. The van der Waals surface area contributed by atoms with Gasteiger partial charge in [-0.25, -0.2) is 4.39 Å². The second-order valence-corrected chi connectivity index (χ2v) is 8.97. The highest BCUT2D eigenvalue weighted by Crippen LogP contribution is 2.33. The van der Waals surface area contributed by atoms with Crippen molar-refractivity contribution in [1.82, 2.24) is 30.4 Å². The normalized spacial score (nSPS) is 14.2. The minimum atomic E-state index is -1.05. The van der Waals surface area contributed by atoms with Crippen LogP contribution in [0, 0.1) is 5.82 Å². The van der Waals surface area contributed by atoms with Crippen LogP contribution >= 0.6 is 0 Å². The number of hydrogen-bond donors (Lipinski definition) is 2. The lowest BCUT2D eigenvalue weighted by molar-refractivity contribution is -0.142. The number of carbonyl (C=O) groups excluding carboxylic acids is 2. The third kappa shape index (κ3) is 6.25. The van der Waals surface area contributed by atoms with Crippen LogP contribution in [0.2, 0.25) is 0 Å². The Morgan fingerprint density at radius 3 is 2.50 bits per heavy atom. The average Bonchev–Trinajstić information content (AvgIpc) is 3.61. The van der Waals surface area contributed by atoms with Gasteiger partial charge in [0.15, 0.2) is 11.5 Å². The number of ether oxygens (including phenoxy) is 2. The largest absolute Gasteiger partial charge is 0.493 e. The summed E-state index contributed by atoms with van der Waals surface area (Å²) in [6.45, 7) is -0.790. The van der Waals surface area contributed by atoms with Crippen LogP contribution in [-0.2, 0) is 16.1 Å². The number of methoxy groups -OCH3 is 2. The van der Waals surface area contributed by atoms with Crippen LogP contribution in [0.1, 0.15) is 37.3 Å². The second kappa shape index (κ2) is 12.5. The molecule has 3 aromatic rings. The van der Waals surface area contributed by atoms with Crippen molar-refractivity contribution < 1.29 is 28.6 Å². The van der Waals surface area contributed by atoms with E-state index in [0.29, 0.717) is 22.6 Å². The summed E-state index contributed by atoms with van der Waals surface area (Å²) in [5.41, 5.74) is 1.04. The van der Waals surface area contributed by atoms with Crippen molar-refractivity contribution in [3.63, 3.8) is 0 Å². The van der Waals surface area contributed by atoms with Crippen LogP contribution in [0.3, 0.4) is 0 Å². The summed E-state index contributed by atoms with van der Waals surface area (Å²) in [4.78, 5) is 29.5. The van der Waals surface area contributed by atoms with Gasteiger partial charge in [0, 0.05) is 18.2 Å². The number of halogens is 1. The Hall–Kier alpha value is -4.06. The van der Waals surface area contributed by atoms with Gasteiger partial charge in [-0.1, -0.05) is 18.9 Å². The molecule has 11 nitrogen and oxygen atoms in total. The fourth-order valence-corrected chi connectivity index (χ4v) is 4.59. The van der Waals surface area contributed by atoms with Crippen molar-refractivity contribution in [2.75, 3.05) is 27.4 Å². The molecule has 4 rings (SSSR count). The van der Waals surface area contributed by atoms with Crippen LogP contribution in [0.5, 0.6) is 11.5 Å². The van der Waals surface area contributed by atoms with Gasteiger partial charge in [0.1, 0.15) is 18.4 Å². The molecular formula is C26H31FN6O5. The number of nitrogens with one attached hydrogen (secondary N) is 1. The number of aliphatic hydroxyl groups excluding tert-OH is 1. The van der Waals surface area contributed by atoms with E-state index in [1.165, 1.54) is 43.4 Å². The molecule has 1 aromatic heterocycles. The molecule has 1 heterocycles. The maximum Gasteiger partial charge on any atom is 0.247 e. The van der Waals surface area contributed by atoms with E-state index in [0.717, 1.165) is 30.5 Å². The summed E-state index contributed by atoms with van der Waals surface area (Å²) < 4.78 is 24.0. The second-order valence-electron chi connectivity index (χ2n) is 8.97. The zero-order valence-electron chi connectivity index (χ0n) is 21.3. The van der Waals surface area contributed by atoms with Gasteiger partial charge in [0.05, 0.1) is 20.8 Å². The van der Waals surface area contributed by atoms with Crippen LogP contribution in [0.25, 0.3) is 11.4 Å². The molecular weight excluding hydrogens is 495 g/mol. The molecule has 1 aliphatic carbocycles. The molecule has 1 aliphatic rings. The Labute approximate surface area is 219 Å². The number of aromatic nitrogens is 4. The molecule has 1 fully saturated rings. The van der Waals surface area contributed by atoms with Crippen molar-refractivity contribution in [2.24, 2.45) is 0 Å². The van der Waals surface area contributed by atoms with Crippen molar-refractivity contribution in [3.8, 4) is 22.9 Å². The van der Waals surface area contributed by atoms with Crippen molar-refractivity contribution in [1.29, 1.82) is 0 Å². The van der Waals surface area contributed by atoms with Crippen molar-refractivity contribution >= 4 is 11.8 Å². The van der Waals surface area contributed by atoms with Gasteiger partial charge in [-0.3, -0.25) is 9.59 Å². The summed E-state index contributed by atoms with van der Waals surface area (Å²) >= 11 is 0. The lowest BCUT2D eigenvalue weighted by Gasteiger charge is -2.32. The van der Waals surface area contributed by atoms with E-state index in [2.05, 4.69) is 20.7 Å². The molecule has 202 valence electrons. The van der Waals surface area contributed by atoms with Gasteiger partial charge < -0.3 is 24.8 Å². The first-order chi connectivity index (χ1) is 18.4. The molecule has 2 amide bonds. The summed E-state index contributed by atoms with van der Waals surface area (Å²) in [6, 6.07) is 9.56. The van der Waals surface area contributed by atoms with E-state index in [9.17, 15) is 19.1 Å². The maximum atomic E-state index is 13.6. The zero-order valence-corrected chi connectivity index (χ0v) is 21.3. The number of aliphatic hydroxyl groups is 1. The highest BCUT2D eigenvalue weighted by Gasteiger charge is 2.34. The maximum absolute atomic E-state index is 13.6. The molecule has 0 spiro atoms. The first-order valence-corrected chi connectivity index (χ1v) is 12.4. The van der Waals surface area contributed by atoms with Gasteiger partial charge in [0.2, 0.25) is 17.6 Å². The predicted octanol–water partition coefficient (Wildman–Crippen LogP) is 2.12. The van der Waals surface area contributed by atoms with E-state index in [1.54, 1.807) is 18.2 Å². The topological polar surface area (TPSA) is 132 Å². The van der Waals surface area contributed by atoms with Crippen LogP contribution in [-0.4, -0.2) is 75.4 Å². The fraction of sp³-hybridized carbons (Fsp3) is 0.423. The van der Waals surface area contributed by atoms with Gasteiger partial charge in [-0.15, -0.1) is 10.2 Å². The van der Waals surface area contributed by atoms with Gasteiger partial charge in [0.25, 0.3) is 0 Å². The predicted molar refractivity (Wildman–Crippen MR) is 135 cm³/mol. The van der Waals surface area contributed by atoms with Gasteiger partial charge in [-0.05, 0) is 60.0 Å². The number of benzene rings is 2. The number of tetrazole rings is 1. The van der Waals surface area contributed by atoms with E-state index < -0.39 is 17.8 Å². The molecule has 0 radical (unpaired) electrons. The molecule has 0 saturated heterocycles. The Bertz CT molecular complexity index is 1250. The van der Waals surface area contributed by atoms with E-state index in [-0.39, 0.29) is 37.5 Å². The van der Waals surface area contributed by atoms with Crippen molar-refractivity contribution in [2.45, 2.75) is 44.3 Å². The van der Waals surface area contributed by atoms with E-state index in [1.807, 2.05) is 0 Å². The molecule has 1 atom stereocenters. The monoisotopic (exact) mass is 526 g/mol. The molecule has 2 aromatic carbocycles. The summed E-state index contributed by atoms with van der Waals surface area (Å²) in [7, 11) is 3.00. The molecule has 38 heavy (non-hydrogen) atoms. The molecule has 0 aliphatic heterocycles. The number of rotatable bonds is 11. The van der Waals surface area contributed by atoms with Gasteiger partial charge >= 0.3 is 0 Å². The Morgan fingerprint density at radius 2 is 1.84 bits per heavy atom. The molecule has 0 unspecified atom stereocenters. The Kier molecular flexibility index (Phi) is 8.85. The fourth-order valence-electron chi connectivity index (χ4n) is 4.59. The van der Waals surface area contributed by atoms with Crippen LogP contribution < -0.4 is 14.8 Å². The molecule has 1 saturated carbocycles. The number of hydrogen-bond acceptors (Lipinski definition) is 8. The van der Waals surface area contributed by atoms with E-state index >= 15 is 0 Å². The van der Waals surface area contributed by atoms with Gasteiger partial charge in [-0.2, -0.15) is 4.80 Å². The lowest BCUT2D eigenvalue weighted by atomic mass is 10.0. The highest BCUT2D eigenvalue weighted by atomic mass is 19.1. The Morgan fingerprint density at radius 1 is 1.13 bits per heavy atom. The van der Waals surface area contributed by atoms with Crippen molar-refractivity contribution in [3.05, 3.63) is 53.8 Å². The number of carbonyl (C=O) groups is 2. The summed E-state index contributed by atoms with van der Waals surface area (Å²) in [5.74, 6) is -0.142.